The molecule has 2 N–H and O–H groups in total. The fraction of sp³-hybridized carbons (Fsp3) is 0.727. The summed E-state index contributed by atoms with van der Waals surface area (Å²) >= 11 is 0. The predicted molar refractivity (Wildman–Crippen MR) is 59.7 cm³/mol. The van der Waals surface area contributed by atoms with Crippen LogP contribution in [0.15, 0.2) is 0 Å². The van der Waals surface area contributed by atoms with Gasteiger partial charge in [-0.1, -0.05) is 13.3 Å². The number of amides is 2. The lowest BCUT2D eigenvalue weighted by Gasteiger charge is -2.24. The number of carbonyl (C=O) groups excluding carboxylic acids is 3. The van der Waals surface area contributed by atoms with Gasteiger partial charge in [0.15, 0.2) is 0 Å². The monoisotopic (exact) mass is 242 g/mol. The average Bonchev–Trinajstić information content (AvgIpc) is 2.66. The summed E-state index contributed by atoms with van der Waals surface area (Å²) in [6, 6.07) is -0.609. The van der Waals surface area contributed by atoms with Crippen LogP contribution >= 0.6 is 0 Å². The Balaban J connectivity index is 2.74. The second-order valence-electron chi connectivity index (χ2n) is 4.18. The number of nitrogens with zero attached hydrogens (tertiary/aromatic N) is 1. The molecule has 1 unspecified atom stereocenters. The zero-order chi connectivity index (χ0) is 13.0. The van der Waals surface area contributed by atoms with Crippen LogP contribution in [0.5, 0.6) is 0 Å². The van der Waals surface area contributed by atoms with E-state index < -0.39 is 23.8 Å². The molecule has 6 heteroatoms. The summed E-state index contributed by atoms with van der Waals surface area (Å²) in [6.07, 6.45) is 1.37. The molecule has 0 aromatic carbocycles. The first-order valence-corrected chi connectivity index (χ1v) is 5.67. The zero-order valence-electron chi connectivity index (χ0n) is 10.1. The Kier molecular flexibility index (Phi) is 4.48. The first kappa shape index (κ1) is 13.5. The third-order valence-corrected chi connectivity index (χ3v) is 2.96. The van der Waals surface area contributed by atoms with E-state index in [-0.39, 0.29) is 18.9 Å². The van der Waals surface area contributed by atoms with Crippen molar-refractivity contribution in [1.29, 1.82) is 0 Å². The number of hydrogen-bond acceptors (Lipinski definition) is 4. The van der Waals surface area contributed by atoms with Gasteiger partial charge in [-0.15, -0.1) is 0 Å². The van der Waals surface area contributed by atoms with Crippen molar-refractivity contribution >= 4 is 17.8 Å². The van der Waals surface area contributed by atoms with Gasteiger partial charge in [-0.05, 0) is 6.42 Å². The Morgan fingerprint density at radius 1 is 1.59 bits per heavy atom. The molecule has 2 amide bonds. The normalized spacial score (nSPS) is 21.4. The summed E-state index contributed by atoms with van der Waals surface area (Å²) in [5.74, 6) is -1.63. The third-order valence-electron chi connectivity index (χ3n) is 2.96. The van der Waals surface area contributed by atoms with Crippen LogP contribution in [-0.2, 0) is 19.1 Å². The second kappa shape index (κ2) is 5.65. The minimum Gasteiger partial charge on any atom is -0.469 e. The highest BCUT2D eigenvalue weighted by Gasteiger charge is 2.39. The summed E-state index contributed by atoms with van der Waals surface area (Å²) in [5.41, 5.74) is 5.27. The Labute approximate surface area is 100 Å². The molecule has 0 saturated carbocycles. The summed E-state index contributed by atoms with van der Waals surface area (Å²) < 4.78 is 4.60. The van der Waals surface area contributed by atoms with Gasteiger partial charge in [0.2, 0.25) is 11.8 Å². The van der Waals surface area contributed by atoms with Crippen molar-refractivity contribution in [3.63, 3.8) is 0 Å². The van der Waals surface area contributed by atoms with E-state index in [4.69, 9.17) is 5.73 Å². The summed E-state index contributed by atoms with van der Waals surface area (Å²) in [4.78, 5) is 35.8. The Morgan fingerprint density at radius 3 is 2.71 bits per heavy atom. The molecule has 6 nitrogen and oxygen atoms in total. The molecule has 17 heavy (non-hydrogen) atoms. The van der Waals surface area contributed by atoms with Gasteiger partial charge in [0, 0.05) is 13.0 Å². The van der Waals surface area contributed by atoms with Crippen LogP contribution in [0.25, 0.3) is 0 Å². The molecule has 1 aliphatic rings. The Hall–Kier alpha value is -1.59. The maximum Gasteiger partial charge on any atom is 0.310 e. The molecular weight excluding hydrogens is 224 g/mol. The number of primary amides is 1. The van der Waals surface area contributed by atoms with Crippen LogP contribution < -0.4 is 5.73 Å². The smallest absolute Gasteiger partial charge is 0.310 e. The molecule has 0 bridgehead atoms. The quantitative estimate of drug-likeness (QED) is 0.668. The minimum atomic E-state index is -0.609. The number of methoxy groups -OCH3 is 1. The summed E-state index contributed by atoms with van der Waals surface area (Å²) in [6.45, 7) is 2.13. The number of likely N-dealkylation sites (tertiary alicyclic amines) is 1. The van der Waals surface area contributed by atoms with Crippen LogP contribution in [0.1, 0.15) is 26.2 Å². The van der Waals surface area contributed by atoms with E-state index in [0.717, 1.165) is 6.42 Å². The molecule has 0 aromatic rings. The van der Waals surface area contributed by atoms with Gasteiger partial charge in [0.05, 0.1) is 13.0 Å². The van der Waals surface area contributed by atoms with Crippen molar-refractivity contribution < 1.29 is 19.1 Å². The van der Waals surface area contributed by atoms with E-state index >= 15 is 0 Å². The van der Waals surface area contributed by atoms with Gasteiger partial charge in [-0.25, -0.2) is 0 Å². The molecule has 0 aromatic heterocycles. The molecule has 0 radical (unpaired) electrons. The Bertz CT molecular complexity index is 329. The lowest BCUT2D eigenvalue weighted by Crippen LogP contribution is -2.45. The van der Waals surface area contributed by atoms with Crippen molar-refractivity contribution in [3.05, 3.63) is 0 Å². The molecule has 1 heterocycles. The Morgan fingerprint density at radius 2 is 2.24 bits per heavy atom. The first-order valence-electron chi connectivity index (χ1n) is 5.67. The van der Waals surface area contributed by atoms with Crippen molar-refractivity contribution in [2.24, 2.45) is 11.7 Å². The van der Waals surface area contributed by atoms with Crippen LogP contribution in [0.4, 0.5) is 0 Å². The van der Waals surface area contributed by atoms with Crippen LogP contribution in [0.2, 0.25) is 0 Å². The molecule has 0 aliphatic carbocycles. The van der Waals surface area contributed by atoms with Crippen molar-refractivity contribution in [1.82, 2.24) is 4.90 Å². The van der Waals surface area contributed by atoms with Gasteiger partial charge in [0.25, 0.3) is 0 Å². The van der Waals surface area contributed by atoms with E-state index in [0.29, 0.717) is 6.42 Å². The SMILES string of the molecule is CCC[C@@H](C(N)=O)N1CC(C(=O)OC)CC1=O. The fourth-order valence-corrected chi connectivity index (χ4v) is 2.08. The maximum atomic E-state index is 11.7. The first-order chi connectivity index (χ1) is 8.01. The zero-order valence-corrected chi connectivity index (χ0v) is 10.1. The molecule has 1 aliphatic heterocycles. The third kappa shape index (κ3) is 2.95. The van der Waals surface area contributed by atoms with E-state index in [1.54, 1.807) is 0 Å². The molecule has 1 fully saturated rings. The van der Waals surface area contributed by atoms with E-state index in [2.05, 4.69) is 4.74 Å². The highest BCUT2D eigenvalue weighted by molar-refractivity contribution is 5.91. The highest BCUT2D eigenvalue weighted by Crippen LogP contribution is 2.23. The van der Waals surface area contributed by atoms with Crippen molar-refractivity contribution in [2.75, 3.05) is 13.7 Å². The lowest BCUT2D eigenvalue weighted by atomic mass is 10.1. The van der Waals surface area contributed by atoms with Gasteiger partial charge >= 0.3 is 5.97 Å². The minimum absolute atomic E-state index is 0.0974. The molecule has 2 atom stereocenters. The van der Waals surface area contributed by atoms with E-state index in [9.17, 15) is 14.4 Å². The summed E-state index contributed by atoms with van der Waals surface area (Å²) in [7, 11) is 1.28. The van der Waals surface area contributed by atoms with Crippen molar-refractivity contribution in [2.45, 2.75) is 32.2 Å². The number of rotatable bonds is 5. The predicted octanol–water partition coefficient (Wildman–Crippen LogP) is -0.338. The van der Waals surface area contributed by atoms with E-state index in [1.165, 1.54) is 12.0 Å². The van der Waals surface area contributed by atoms with Gasteiger partial charge in [0.1, 0.15) is 6.04 Å². The lowest BCUT2D eigenvalue weighted by molar-refractivity contribution is -0.145. The average molecular weight is 242 g/mol. The molecular formula is C11H18N2O4. The van der Waals surface area contributed by atoms with Crippen LogP contribution in [0.3, 0.4) is 0 Å². The number of ether oxygens (including phenoxy) is 1. The van der Waals surface area contributed by atoms with E-state index in [1.807, 2.05) is 6.92 Å². The fourth-order valence-electron chi connectivity index (χ4n) is 2.08. The highest BCUT2D eigenvalue weighted by atomic mass is 16.5. The number of nitrogens with two attached hydrogens (primary N) is 1. The number of carbonyl (C=O) groups is 3. The van der Waals surface area contributed by atoms with Gasteiger partial charge < -0.3 is 15.4 Å². The molecule has 0 spiro atoms. The van der Waals surface area contributed by atoms with Crippen LogP contribution in [-0.4, -0.2) is 42.4 Å². The maximum absolute atomic E-state index is 11.7. The number of esters is 1. The summed E-state index contributed by atoms with van der Waals surface area (Å²) in [5, 5.41) is 0. The van der Waals surface area contributed by atoms with Gasteiger partial charge in [-0.3, -0.25) is 14.4 Å². The number of hydrogen-bond donors (Lipinski definition) is 1. The van der Waals surface area contributed by atoms with Crippen molar-refractivity contribution in [3.8, 4) is 0 Å². The standard InChI is InChI=1S/C11H18N2O4/c1-3-4-8(10(12)15)13-6-7(5-9(13)14)11(16)17-2/h7-8H,3-6H2,1-2H3,(H2,12,15)/t7?,8-/m0/s1. The molecule has 1 rings (SSSR count). The topological polar surface area (TPSA) is 89.7 Å². The molecule has 1 saturated heterocycles. The largest absolute Gasteiger partial charge is 0.469 e. The molecule has 96 valence electrons. The van der Waals surface area contributed by atoms with Crippen LogP contribution in [0, 0.1) is 5.92 Å². The second-order valence-corrected chi connectivity index (χ2v) is 4.18. The van der Waals surface area contributed by atoms with Gasteiger partial charge in [-0.2, -0.15) is 0 Å².